The fourth-order valence-corrected chi connectivity index (χ4v) is 2.16. The lowest BCUT2D eigenvalue weighted by molar-refractivity contribution is 0.0449. The summed E-state index contributed by atoms with van der Waals surface area (Å²) in [6.07, 6.45) is 5.19. The number of nitrogens with one attached hydrogen (secondary N) is 1. The quantitative estimate of drug-likeness (QED) is 0.831. The minimum atomic E-state index is -0.701. The Morgan fingerprint density at radius 3 is 2.76 bits per heavy atom. The smallest absolute Gasteiger partial charge is 0.252 e. The number of carbonyl (C=O) groups excluding carboxylic acids is 1. The van der Waals surface area contributed by atoms with E-state index in [1.165, 1.54) is 0 Å². The Kier molecular flexibility index (Phi) is 3.43. The second-order valence-corrected chi connectivity index (χ2v) is 4.80. The maximum absolute atomic E-state index is 11.8. The van der Waals surface area contributed by atoms with Crippen molar-refractivity contribution in [3.05, 3.63) is 29.6 Å². The first-order valence-corrected chi connectivity index (χ1v) is 6.02. The Hall–Kier alpha value is -1.42. The van der Waals surface area contributed by atoms with Crippen LogP contribution in [-0.4, -0.2) is 28.1 Å². The zero-order valence-electron chi connectivity index (χ0n) is 10.1. The third-order valence-electron chi connectivity index (χ3n) is 3.29. The summed E-state index contributed by atoms with van der Waals surface area (Å²) in [6, 6.07) is 3.55. The number of hydrogen-bond acceptors (Lipinski definition) is 3. The molecule has 4 heteroatoms. The van der Waals surface area contributed by atoms with Crippen molar-refractivity contribution in [1.82, 2.24) is 10.3 Å². The standard InChI is InChI=1S/C13H18N2O2/c1-10-4-5-11(8-14-10)12(16)15-9-13(17)6-2-3-7-13/h4-5,8,17H,2-3,6-7,9H2,1H3,(H,15,16). The molecule has 92 valence electrons. The van der Waals surface area contributed by atoms with Crippen molar-refractivity contribution >= 4 is 5.91 Å². The number of nitrogens with zero attached hydrogens (tertiary/aromatic N) is 1. The summed E-state index contributed by atoms with van der Waals surface area (Å²) in [4.78, 5) is 15.9. The number of hydrogen-bond donors (Lipinski definition) is 2. The van der Waals surface area contributed by atoms with Crippen LogP contribution < -0.4 is 5.32 Å². The molecule has 0 bridgehead atoms. The molecule has 0 radical (unpaired) electrons. The Morgan fingerprint density at radius 2 is 2.18 bits per heavy atom. The zero-order valence-corrected chi connectivity index (χ0v) is 10.1. The summed E-state index contributed by atoms with van der Waals surface area (Å²) in [5, 5.41) is 12.9. The van der Waals surface area contributed by atoms with Crippen molar-refractivity contribution in [2.75, 3.05) is 6.54 Å². The van der Waals surface area contributed by atoms with Gasteiger partial charge < -0.3 is 10.4 Å². The van der Waals surface area contributed by atoms with E-state index in [2.05, 4.69) is 10.3 Å². The first kappa shape index (κ1) is 12.0. The first-order valence-electron chi connectivity index (χ1n) is 6.02. The van der Waals surface area contributed by atoms with Gasteiger partial charge in [0.15, 0.2) is 0 Å². The molecule has 0 aromatic carbocycles. The maximum atomic E-state index is 11.8. The van der Waals surface area contributed by atoms with Gasteiger partial charge in [0.25, 0.3) is 5.91 Å². The van der Waals surface area contributed by atoms with E-state index in [9.17, 15) is 9.90 Å². The molecule has 0 spiro atoms. The van der Waals surface area contributed by atoms with Crippen molar-refractivity contribution in [2.24, 2.45) is 0 Å². The van der Waals surface area contributed by atoms with Gasteiger partial charge in [-0.2, -0.15) is 0 Å². The summed E-state index contributed by atoms with van der Waals surface area (Å²) < 4.78 is 0. The zero-order chi connectivity index (χ0) is 12.3. The van der Waals surface area contributed by atoms with Gasteiger partial charge in [-0.25, -0.2) is 0 Å². The number of amides is 1. The molecule has 1 aliphatic carbocycles. The van der Waals surface area contributed by atoms with Gasteiger partial charge in [-0.1, -0.05) is 12.8 Å². The molecule has 4 nitrogen and oxygen atoms in total. The molecule has 1 aromatic rings. The third-order valence-corrected chi connectivity index (χ3v) is 3.29. The first-order chi connectivity index (χ1) is 8.09. The van der Waals surface area contributed by atoms with Gasteiger partial charge in [0.2, 0.25) is 0 Å². The number of pyridine rings is 1. The molecular formula is C13H18N2O2. The summed E-state index contributed by atoms with van der Waals surface area (Å²) in [7, 11) is 0. The van der Waals surface area contributed by atoms with Crippen molar-refractivity contribution in [3.8, 4) is 0 Å². The fourth-order valence-electron chi connectivity index (χ4n) is 2.16. The monoisotopic (exact) mass is 234 g/mol. The minimum absolute atomic E-state index is 0.169. The largest absolute Gasteiger partial charge is 0.388 e. The molecule has 1 fully saturated rings. The van der Waals surface area contributed by atoms with Crippen LogP contribution in [0.1, 0.15) is 41.7 Å². The van der Waals surface area contributed by atoms with E-state index < -0.39 is 5.60 Å². The number of aryl methyl sites for hydroxylation is 1. The highest BCUT2D eigenvalue weighted by atomic mass is 16.3. The van der Waals surface area contributed by atoms with E-state index >= 15 is 0 Å². The Morgan fingerprint density at radius 1 is 1.47 bits per heavy atom. The number of aromatic nitrogens is 1. The molecule has 0 saturated heterocycles. The predicted octanol–water partition coefficient (Wildman–Crippen LogP) is 1.42. The van der Waals surface area contributed by atoms with Crippen LogP contribution in [0.4, 0.5) is 0 Å². The van der Waals surface area contributed by atoms with Crippen LogP contribution in [0.25, 0.3) is 0 Å². The van der Waals surface area contributed by atoms with E-state index in [4.69, 9.17) is 0 Å². The lowest BCUT2D eigenvalue weighted by Gasteiger charge is -2.22. The maximum Gasteiger partial charge on any atom is 0.252 e. The van der Waals surface area contributed by atoms with Crippen LogP contribution in [0.15, 0.2) is 18.3 Å². The third kappa shape index (κ3) is 3.03. The molecule has 1 aromatic heterocycles. The molecule has 1 aliphatic rings. The van der Waals surface area contributed by atoms with Crippen molar-refractivity contribution < 1.29 is 9.90 Å². The highest BCUT2D eigenvalue weighted by Crippen LogP contribution is 2.28. The molecule has 1 amide bonds. The molecule has 2 rings (SSSR count). The van der Waals surface area contributed by atoms with E-state index in [0.29, 0.717) is 12.1 Å². The summed E-state index contributed by atoms with van der Waals surface area (Å²) >= 11 is 0. The Balaban J connectivity index is 1.91. The molecule has 0 atom stereocenters. The van der Waals surface area contributed by atoms with E-state index in [1.807, 2.05) is 6.92 Å². The van der Waals surface area contributed by atoms with Crippen molar-refractivity contribution in [2.45, 2.75) is 38.2 Å². The highest BCUT2D eigenvalue weighted by molar-refractivity contribution is 5.93. The average molecular weight is 234 g/mol. The molecular weight excluding hydrogens is 216 g/mol. The Bertz CT molecular complexity index is 394. The van der Waals surface area contributed by atoms with Crippen LogP contribution in [0, 0.1) is 6.92 Å². The van der Waals surface area contributed by atoms with Gasteiger partial charge in [-0.15, -0.1) is 0 Å². The highest BCUT2D eigenvalue weighted by Gasteiger charge is 2.31. The fraction of sp³-hybridized carbons (Fsp3) is 0.538. The SMILES string of the molecule is Cc1ccc(C(=O)NCC2(O)CCCC2)cn1. The van der Waals surface area contributed by atoms with Crippen LogP contribution in [0.2, 0.25) is 0 Å². The topological polar surface area (TPSA) is 62.2 Å². The van der Waals surface area contributed by atoms with Gasteiger partial charge in [0, 0.05) is 18.4 Å². The predicted molar refractivity (Wildman–Crippen MR) is 64.7 cm³/mol. The van der Waals surface area contributed by atoms with Gasteiger partial charge >= 0.3 is 0 Å². The molecule has 0 unspecified atom stereocenters. The molecule has 0 aliphatic heterocycles. The van der Waals surface area contributed by atoms with E-state index in [1.54, 1.807) is 18.3 Å². The Labute approximate surface area is 101 Å². The summed E-state index contributed by atoms with van der Waals surface area (Å²) in [6.45, 7) is 2.21. The summed E-state index contributed by atoms with van der Waals surface area (Å²) in [5.41, 5.74) is 0.724. The van der Waals surface area contributed by atoms with Crippen LogP contribution in [0.5, 0.6) is 0 Å². The normalized spacial score (nSPS) is 18.0. The second kappa shape index (κ2) is 4.84. The summed E-state index contributed by atoms with van der Waals surface area (Å²) in [5.74, 6) is -0.169. The van der Waals surface area contributed by atoms with Gasteiger partial charge in [-0.3, -0.25) is 9.78 Å². The van der Waals surface area contributed by atoms with Crippen LogP contribution >= 0.6 is 0 Å². The lowest BCUT2D eigenvalue weighted by Crippen LogP contribution is -2.40. The van der Waals surface area contributed by atoms with Gasteiger partial charge in [-0.05, 0) is 31.9 Å². The molecule has 1 saturated carbocycles. The molecule has 1 heterocycles. The van der Waals surface area contributed by atoms with Gasteiger partial charge in [0.1, 0.15) is 0 Å². The number of carbonyl (C=O) groups is 1. The number of rotatable bonds is 3. The minimum Gasteiger partial charge on any atom is -0.388 e. The molecule has 2 N–H and O–H groups in total. The van der Waals surface area contributed by atoms with Crippen LogP contribution in [0.3, 0.4) is 0 Å². The number of aliphatic hydroxyl groups is 1. The van der Waals surface area contributed by atoms with Crippen molar-refractivity contribution in [1.29, 1.82) is 0 Å². The lowest BCUT2D eigenvalue weighted by atomic mass is 10.0. The second-order valence-electron chi connectivity index (χ2n) is 4.80. The van der Waals surface area contributed by atoms with Crippen molar-refractivity contribution in [3.63, 3.8) is 0 Å². The average Bonchev–Trinajstić information content (AvgIpc) is 2.75. The van der Waals surface area contributed by atoms with Gasteiger partial charge in [0.05, 0.1) is 11.2 Å². The van der Waals surface area contributed by atoms with Crippen LogP contribution in [-0.2, 0) is 0 Å². The van der Waals surface area contributed by atoms with E-state index in [-0.39, 0.29) is 5.91 Å². The molecule has 17 heavy (non-hydrogen) atoms. The van der Waals surface area contributed by atoms with E-state index in [0.717, 1.165) is 31.4 Å².